The summed E-state index contributed by atoms with van der Waals surface area (Å²) in [6.07, 6.45) is 0.540. The van der Waals surface area contributed by atoms with Gasteiger partial charge in [0.2, 0.25) is 0 Å². The topological polar surface area (TPSA) is 67.4 Å². The van der Waals surface area contributed by atoms with Crippen molar-refractivity contribution in [2.24, 2.45) is 0 Å². The van der Waals surface area contributed by atoms with Crippen LogP contribution in [-0.2, 0) is 11.2 Å². The molecule has 4 rings (SSSR count). The average molecular weight is 453 g/mol. The van der Waals surface area contributed by atoms with Gasteiger partial charge in [-0.15, -0.1) is 0 Å². The minimum Gasteiger partial charge on any atom is -0.481 e. The highest BCUT2D eigenvalue weighted by Crippen LogP contribution is 2.23. The van der Waals surface area contributed by atoms with E-state index in [0.717, 1.165) is 22.8 Å². The van der Waals surface area contributed by atoms with Gasteiger partial charge in [0.05, 0.1) is 11.3 Å². The first-order chi connectivity index (χ1) is 16.6. The van der Waals surface area contributed by atoms with Gasteiger partial charge in [-0.3, -0.25) is 9.59 Å². The lowest BCUT2D eigenvalue weighted by Crippen LogP contribution is -2.33. The number of carbonyl (C=O) groups is 2. The second-order valence-corrected chi connectivity index (χ2v) is 8.05. The third-order valence-corrected chi connectivity index (χ3v) is 5.63. The maximum Gasteiger partial charge on any atom is 0.265 e. The van der Waals surface area contributed by atoms with Crippen LogP contribution in [0.5, 0.6) is 5.75 Å². The zero-order valence-corrected chi connectivity index (χ0v) is 19.2. The fourth-order valence-corrected chi connectivity index (χ4v) is 3.79. The largest absolute Gasteiger partial charge is 0.481 e. The van der Waals surface area contributed by atoms with Crippen molar-refractivity contribution in [3.8, 4) is 5.75 Å². The molecule has 5 nitrogen and oxygen atoms in total. The van der Waals surface area contributed by atoms with E-state index in [0.29, 0.717) is 30.0 Å². The Hall–Kier alpha value is -4.12. The van der Waals surface area contributed by atoms with Crippen LogP contribution in [0, 0.1) is 0 Å². The van der Waals surface area contributed by atoms with Crippen LogP contribution < -0.4 is 15.4 Å². The molecule has 1 atom stereocenters. The molecular formula is C29H28N2O3. The molecule has 172 valence electrons. The molecule has 5 heteroatoms. The molecule has 0 bridgehead atoms. The van der Waals surface area contributed by atoms with Crippen LogP contribution in [0.3, 0.4) is 0 Å². The molecule has 0 fully saturated rings. The van der Waals surface area contributed by atoms with Crippen LogP contribution in [0.25, 0.3) is 10.8 Å². The zero-order chi connectivity index (χ0) is 23.8. The second-order valence-electron chi connectivity index (χ2n) is 8.05. The second kappa shape index (κ2) is 11.1. The Morgan fingerprint density at radius 1 is 0.824 bits per heavy atom. The number of hydrogen-bond acceptors (Lipinski definition) is 3. The molecule has 0 saturated carbocycles. The molecule has 0 spiro atoms. The highest BCUT2D eigenvalue weighted by molar-refractivity contribution is 6.04. The van der Waals surface area contributed by atoms with E-state index in [4.69, 9.17) is 4.74 Å². The number of para-hydroxylation sites is 1. The van der Waals surface area contributed by atoms with E-state index in [9.17, 15) is 9.59 Å². The summed E-state index contributed by atoms with van der Waals surface area (Å²) < 4.78 is 6.01. The molecule has 0 aliphatic heterocycles. The first-order valence-corrected chi connectivity index (χ1v) is 11.5. The first kappa shape index (κ1) is 23.1. The maximum atomic E-state index is 13.0. The lowest BCUT2D eigenvalue weighted by molar-refractivity contribution is -0.122. The lowest BCUT2D eigenvalue weighted by Gasteiger charge is -2.19. The number of nitrogens with one attached hydrogen (secondary N) is 2. The number of carbonyl (C=O) groups excluding carboxylic acids is 2. The highest BCUT2D eigenvalue weighted by atomic mass is 16.5. The Labute approximate surface area is 199 Å². The molecule has 0 saturated heterocycles. The number of anilines is 1. The molecule has 0 aliphatic rings. The predicted molar refractivity (Wildman–Crippen MR) is 136 cm³/mol. The molecule has 4 aromatic rings. The predicted octanol–water partition coefficient (Wildman–Crippen LogP) is 5.61. The van der Waals surface area contributed by atoms with E-state index in [1.807, 2.05) is 79.7 Å². The molecule has 2 amide bonds. The van der Waals surface area contributed by atoms with Gasteiger partial charge in [0, 0.05) is 6.54 Å². The monoisotopic (exact) mass is 452 g/mol. The van der Waals surface area contributed by atoms with E-state index >= 15 is 0 Å². The summed E-state index contributed by atoms with van der Waals surface area (Å²) in [5.74, 6) is 0.114. The number of benzene rings is 4. The summed E-state index contributed by atoms with van der Waals surface area (Å²) in [4.78, 5) is 25.8. The van der Waals surface area contributed by atoms with Gasteiger partial charge in [0.25, 0.3) is 11.8 Å². The molecule has 0 heterocycles. The van der Waals surface area contributed by atoms with Gasteiger partial charge in [-0.2, -0.15) is 0 Å². The van der Waals surface area contributed by atoms with Crippen molar-refractivity contribution in [2.75, 3.05) is 11.9 Å². The van der Waals surface area contributed by atoms with E-state index in [-0.39, 0.29) is 11.8 Å². The summed E-state index contributed by atoms with van der Waals surface area (Å²) in [6, 6.07) is 30.8. The zero-order valence-electron chi connectivity index (χ0n) is 19.2. The number of rotatable bonds is 9. The molecular weight excluding hydrogens is 424 g/mol. The molecule has 0 aromatic heterocycles. The van der Waals surface area contributed by atoms with Crippen LogP contribution in [0.4, 0.5) is 5.69 Å². The van der Waals surface area contributed by atoms with Gasteiger partial charge in [-0.05, 0) is 53.4 Å². The van der Waals surface area contributed by atoms with E-state index < -0.39 is 6.10 Å². The Morgan fingerprint density at radius 3 is 2.32 bits per heavy atom. The first-order valence-electron chi connectivity index (χ1n) is 11.5. The average Bonchev–Trinajstić information content (AvgIpc) is 2.88. The van der Waals surface area contributed by atoms with Crippen LogP contribution in [0.15, 0.2) is 97.1 Å². The third-order valence-electron chi connectivity index (χ3n) is 5.63. The van der Waals surface area contributed by atoms with Crippen LogP contribution >= 0.6 is 0 Å². The normalized spacial score (nSPS) is 11.6. The summed E-state index contributed by atoms with van der Waals surface area (Å²) in [6.45, 7) is 2.40. The quantitative estimate of drug-likeness (QED) is 0.347. The minimum atomic E-state index is -0.685. The SMILES string of the molecule is CC[C@@H](Oc1ccc2ccccc2c1)C(=O)Nc1ccccc1C(=O)NCCc1ccccc1. The summed E-state index contributed by atoms with van der Waals surface area (Å²) in [5.41, 5.74) is 2.04. The highest BCUT2D eigenvalue weighted by Gasteiger charge is 2.21. The van der Waals surface area contributed by atoms with E-state index in [1.54, 1.807) is 24.3 Å². The van der Waals surface area contributed by atoms with Crippen LogP contribution in [0.2, 0.25) is 0 Å². The Bertz CT molecular complexity index is 1270. The standard InChI is InChI=1S/C29H28N2O3/c1-2-27(34-24-17-16-22-12-6-7-13-23(22)20-24)29(33)31-26-15-9-8-14-25(26)28(32)30-19-18-21-10-4-3-5-11-21/h3-17,20,27H,2,18-19H2,1H3,(H,30,32)(H,31,33)/t27-/m1/s1. The summed E-state index contributed by atoms with van der Waals surface area (Å²) >= 11 is 0. The number of hydrogen-bond donors (Lipinski definition) is 2. The number of amides is 2. The molecule has 0 unspecified atom stereocenters. The van der Waals surface area contributed by atoms with Crippen molar-refractivity contribution in [2.45, 2.75) is 25.9 Å². The lowest BCUT2D eigenvalue weighted by atomic mass is 10.1. The van der Waals surface area contributed by atoms with Crippen molar-refractivity contribution < 1.29 is 14.3 Å². The van der Waals surface area contributed by atoms with Crippen molar-refractivity contribution in [3.63, 3.8) is 0 Å². The molecule has 4 aromatic carbocycles. The van der Waals surface area contributed by atoms with Crippen molar-refractivity contribution in [1.82, 2.24) is 5.32 Å². The van der Waals surface area contributed by atoms with Gasteiger partial charge >= 0.3 is 0 Å². The van der Waals surface area contributed by atoms with Gasteiger partial charge < -0.3 is 15.4 Å². The smallest absolute Gasteiger partial charge is 0.265 e. The minimum absolute atomic E-state index is 0.227. The summed E-state index contributed by atoms with van der Waals surface area (Å²) in [5, 5.41) is 7.98. The molecule has 34 heavy (non-hydrogen) atoms. The maximum absolute atomic E-state index is 13.0. The molecule has 0 radical (unpaired) electrons. The molecule has 2 N–H and O–H groups in total. The fourth-order valence-electron chi connectivity index (χ4n) is 3.79. The van der Waals surface area contributed by atoms with Crippen LogP contribution in [0.1, 0.15) is 29.3 Å². The van der Waals surface area contributed by atoms with E-state index in [2.05, 4.69) is 10.6 Å². The Kier molecular flexibility index (Phi) is 7.56. The summed E-state index contributed by atoms with van der Waals surface area (Å²) in [7, 11) is 0. The van der Waals surface area contributed by atoms with Crippen molar-refractivity contribution >= 4 is 28.3 Å². The van der Waals surface area contributed by atoms with Gasteiger partial charge in [-0.1, -0.05) is 79.7 Å². The van der Waals surface area contributed by atoms with Gasteiger partial charge in [0.15, 0.2) is 6.10 Å². The van der Waals surface area contributed by atoms with Crippen LogP contribution in [-0.4, -0.2) is 24.5 Å². The number of ether oxygens (including phenoxy) is 1. The third kappa shape index (κ3) is 5.81. The van der Waals surface area contributed by atoms with Gasteiger partial charge in [0.1, 0.15) is 5.75 Å². The van der Waals surface area contributed by atoms with Crippen molar-refractivity contribution in [1.29, 1.82) is 0 Å². The molecule has 0 aliphatic carbocycles. The van der Waals surface area contributed by atoms with E-state index in [1.165, 1.54) is 0 Å². The fraction of sp³-hybridized carbons (Fsp3) is 0.172. The Balaban J connectivity index is 1.40. The van der Waals surface area contributed by atoms with Crippen molar-refractivity contribution in [3.05, 3.63) is 108 Å². The Morgan fingerprint density at radius 2 is 1.53 bits per heavy atom. The number of fused-ring (bicyclic) bond motifs is 1. The van der Waals surface area contributed by atoms with Gasteiger partial charge in [-0.25, -0.2) is 0 Å².